The number of carbonyl (C=O) groups is 2. The Morgan fingerprint density at radius 1 is 1.11 bits per heavy atom. The van der Waals surface area contributed by atoms with E-state index in [0.717, 1.165) is 35.1 Å². The van der Waals surface area contributed by atoms with Gasteiger partial charge in [0.05, 0.1) is 11.2 Å². The second kappa shape index (κ2) is 8.43. The minimum Gasteiger partial charge on any atom is -0.338 e. The van der Waals surface area contributed by atoms with E-state index in [2.05, 4.69) is 30.2 Å². The molecule has 1 aliphatic heterocycles. The molecular formula is C31H39N3O2. The smallest absolute Gasteiger partial charge is 0.246 e. The normalized spacial score (nSPS) is 37.4. The van der Waals surface area contributed by atoms with Crippen LogP contribution in [0.25, 0.3) is 10.9 Å². The number of fused-ring (bicyclic) bond motifs is 6. The topological polar surface area (TPSA) is 62.3 Å². The third-order valence-electron chi connectivity index (χ3n) is 10.9. The van der Waals surface area contributed by atoms with Crippen molar-refractivity contribution in [3.05, 3.63) is 48.2 Å². The summed E-state index contributed by atoms with van der Waals surface area (Å²) >= 11 is 0. The number of hydrogen-bond acceptors (Lipinski definition) is 3. The van der Waals surface area contributed by atoms with Crippen molar-refractivity contribution in [1.82, 2.24) is 9.88 Å². The molecule has 0 spiro atoms. The van der Waals surface area contributed by atoms with E-state index in [1.165, 1.54) is 25.7 Å². The lowest BCUT2D eigenvalue weighted by Gasteiger charge is -2.60. The summed E-state index contributed by atoms with van der Waals surface area (Å²) in [6.07, 6.45) is 11.7. The molecule has 7 atom stereocenters. The van der Waals surface area contributed by atoms with Crippen LogP contribution in [0.15, 0.2) is 42.5 Å². The van der Waals surface area contributed by atoms with Gasteiger partial charge in [0.15, 0.2) is 0 Å². The minimum atomic E-state index is 0.0721. The van der Waals surface area contributed by atoms with Gasteiger partial charge in [-0.05, 0) is 92.7 Å². The highest BCUT2D eigenvalue weighted by molar-refractivity contribution is 6.01. The summed E-state index contributed by atoms with van der Waals surface area (Å²) in [7, 11) is 1.99. The molecule has 2 heterocycles. The van der Waals surface area contributed by atoms with E-state index in [9.17, 15) is 9.59 Å². The van der Waals surface area contributed by atoms with Crippen molar-refractivity contribution in [2.24, 2.45) is 34.5 Å². The number of aromatic nitrogens is 1. The highest BCUT2D eigenvalue weighted by Gasteiger charge is 2.60. The van der Waals surface area contributed by atoms with E-state index < -0.39 is 0 Å². The van der Waals surface area contributed by atoms with E-state index >= 15 is 0 Å². The molecule has 1 aromatic heterocycles. The zero-order valence-electron chi connectivity index (χ0n) is 22.1. The fourth-order valence-corrected chi connectivity index (χ4v) is 9.02. The van der Waals surface area contributed by atoms with E-state index in [4.69, 9.17) is 0 Å². The Kier molecular flexibility index (Phi) is 5.55. The third-order valence-corrected chi connectivity index (χ3v) is 10.9. The first-order chi connectivity index (χ1) is 17.2. The Bertz CT molecular complexity index is 1250. The lowest BCUT2D eigenvalue weighted by Crippen LogP contribution is -2.59. The number of carbonyl (C=O) groups excluding carboxylic acids is 2. The van der Waals surface area contributed by atoms with Gasteiger partial charge >= 0.3 is 0 Å². The molecule has 2 amide bonds. The summed E-state index contributed by atoms with van der Waals surface area (Å²) in [5.74, 6) is 2.70. The largest absolute Gasteiger partial charge is 0.338 e. The molecule has 5 heteroatoms. The fraction of sp³-hybridized carbons (Fsp3) is 0.581. The second-order valence-corrected chi connectivity index (χ2v) is 12.5. The minimum absolute atomic E-state index is 0.0721. The van der Waals surface area contributed by atoms with Crippen LogP contribution in [0.3, 0.4) is 0 Å². The number of nitrogens with one attached hydrogen (secondary N) is 1. The summed E-state index contributed by atoms with van der Waals surface area (Å²) < 4.78 is 0. The molecule has 6 rings (SSSR count). The molecule has 0 bridgehead atoms. The number of rotatable bonds is 3. The van der Waals surface area contributed by atoms with Gasteiger partial charge in [0, 0.05) is 36.0 Å². The van der Waals surface area contributed by atoms with Crippen molar-refractivity contribution in [1.29, 1.82) is 0 Å². The van der Waals surface area contributed by atoms with Gasteiger partial charge in [-0.1, -0.05) is 38.1 Å². The fourth-order valence-electron chi connectivity index (χ4n) is 9.02. The van der Waals surface area contributed by atoms with Crippen LogP contribution < -0.4 is 5.32 Å². The summed E-state index contributed by atoms with van der Waals surface area (Å²) in [6.45, 7) is 6.86. The van der Waals surface area contributed by atoms with Crippen LogP contribution in [0, 0.1) is 41.4 Å². The molecule has 1 aromatic carbocycles. The van der Waals surface area contributed by atoms with Crippen molar-refractivity contribution in [3.8, 4) is 0 Å². The van der Waals surface area contributed by atoms with E-state index in [1.807, 2.05) is 55.3 Å². The number of nitrogens with zero attached hydrogens (tertiary/aromatic N) is 2. The Morgan fingerprint density at radius 3 is 2.75 bits per heavy atom. The maximum Gasteiger partial charge on any atom is 0.246 e. The number of amides is 2. The van der Waals surface area contributed by atoms with Gasteiger partial charge in [-0.2, -0.15) is 0 Å². The summed E-state index contributed by atoms with van der Waals surface area (Å²) in [6, 6.07) is 10.3. The summed E-state index contributed by atoms with van der Waals surface area (Å²) in [5.41, 5.74) is 3.01. The van der Waals surface area contributed by atoms with Gasteiger partial charge in [0.1, 0.15) is 0 Å². The van der Waals surface area contributed by atoms with Crippen LogP contribution in [0.2, 0.25) is 0 Å². The zero-order valence-corrected chi connectivity index (χ0v) is 22.1. The van der Waals surface area contributed by atoms with Crippen LogP contribution in [0.4, 0.5) is 5.69 Å². The number of anilines is 1. The molecule has 4 aliphatic rings. The number of benzene rings is 1. The summed E-state index contributed by atoms with van der Waals surface area (Å²) in [5, 5.41) is 4.25. The molecule has 1 N–H and O–H groups in total. The maximum atomic E-state index is 13.4. The van der Waals surface area contributed by atoms with Crippen molar-refractivity contribution in [3.63, 3.8) is 0 Å². The predicted octanol–water partition coefficient (Wildman–Crippen LogP) is 6.13. The van der Waals surface area contributed by atoms with Gasteiger partial charge in [-0.15, -0.1) is 0 Å². The first-order valence-corrected chi connectivity index (χ1v) is 13.8. The average Bonchev–Trinajstić information content (AvgIpc) is 3.17. The molecule has 3 fully saturated rings. The van der Waals surface area contributed by atoms with Gasteiger partial charge in [-0.25, -0.2) is 0 Å². The molecular weight excluding hydrogens is 446 g/mol. The van der Waals surface area contributed by atoms with Crippen LogP contribution in [-0.2, 0) is 9.59 Å². The van der Waals surface area contributed by atoms with Crippen molar-refractivity contribution >= 4 is 28.4 Å². The molecule has 36 heavy (non-hydrogen) atoms. The molecule has 5 nitrogen and oxygen atoms in total. The van der Waals surface area contributed by atoms with Gasteiger partial charge in [-0.3, -0.25) is 14.6 Å². The molecule has 0 radical (unpaired) electrons. The van der Waals surface area contributed by atoms with Crippen LogP contribution >= 0.6 is 0 Å². The van der Waals surface area contributed by atoms with Crippen molar-refractivity contribution in [2.45, 2.75) is 71.8 Å². The quantitative estimate of drug-likeness (QED) is 0.569. The standard InChI is InChI=1S/C31H39N3O2/c1-19-17-26(22-7-5-6-8-25(22)32-19)33-28(35)18-20-9-11-23-21-10-12-27-31(3,16-14-29(36)34(27)4)24(21)13-15-30(20,23)2/h5-8,14,16-17,20-21,23-24,27H,9-13,15,18H2,1-4H3,(H,32,33,35)/t20-,21+,23+,24+,27-,30-,31-/m1/s1. The number of hydrogen-bond donors (Lipinski definition) is 1. The molecule has 3 aliphatic carbocycles. The van der Waals surface area contributed by atoms with Crippen molar-refractivity contribution < 1.29 is 9.59 Å². The van der Waals surface area contributed by atoms with Gasteiger partial charge in [0.25, 0.3) is 0 Å². The molecule has 190 valence electrons. The van der Waals surface area contributed by atoms with Crippen molar-refractivity contribution in [2.75, 3.05) is 12.4 Å². The lowest BCUT2D eigenvalue weighted by atomic mass is 9.47. The van der Waals surface area contributed by atoms with E-state index in [1.54, 1.807) is 0 Å². The Labute approximate surface area is 214 Å². The average molecular weight is 486 g/mol. The zero-order chi connectivity index (χ0) is 25.2. The number of likely N-dealkylation sites (N-methyl/N-ethyl adjacent to an activating group) is 1. The highest BCUT2D eigenvalue weighted by Crippen LogP contribution is 2.66. The predicted molar refractivity (Wildman–Crippen MR) is 143 cm³/mol. The summed E-state index contributed by atoms with van der Waals surface area (Å²) in [4.78, 5) is 32.3. The second-order valence-electron chi connectivity index (χ2n) is 12.5. The molecule has 3 saturated carbocycles. The monoisotopic (exact) mass is 485 g/mol. The number of para-hydroxylation sites is 1. The van der Waals surface area contributed by atoms with Crippen LogP contribution in [0.1, 0.15) is 64.5 Å². The molecule has 2 aromatic rings. The number of pyridine rings is 1. The van der Waals surface area contributed by atoms with Crippen LogP contribution in [0.5, 0.6) is 0 Å². The molecule has 0 saturated heterocycles. The van der Waals surface area contributed by atoms with Gasteiger partial charge in [0.2, 0.25) is 11.8 Å². The van der Waals surface area contributed by atoms with E-state index in [0.29, 0.717) is 36.1 Å². The van der Waals surface area contributed by atoms with E-state index in [-0.39, 0.29) is 22.6 Å². The number of aryl methyl sites for hydroxylation is 1. The lowest BCUT2D eigenvalue weighted by molar-refractivity contribution is -0.139. The third kappa shape index (κ3) is 3.53. The first kappa shape index (κ1) is 23.7. The SMILES string of the molecule is Cc1cc(NC(=O)C[C@H]2CC[C@H]3[C@@H]4CC[C@H]5N(C)C(=O)C=C[C@]5(C)[C@H]4CC[C@]23C)c2ccccc2n1. The first-order valence-electron chi connectivity index (χ1n) is 13.8. The Morgan fingerprint density at radius 2 is 1.92 bits per heavy atom. The molecule has 0 unspecified atom stereocenters. The maximum absolute atomic E-state index is 13.4. The Balaban J connectivity index is 1.20. The van der Waals surface area contributed by atoms with Gasteiger partial charge < -0.3 is 10.2 Å². The van der Waals surface area contributed by atoms with Crippen LogP contribution in [-0.4, -0.2) is 34.8 Å². The Hall–Kier alpha value is -2.69. The highest BCUT2D eigenvalue weighted by atomic mass is 16.2.